The van der Waals surface area contributed by atoms with E-state index >= 15 is 0 Å². The number of nitro benzene ring substituents is 1. The Bertz CT molecular complexity index is 717. The van der Waals surface area contributed by atoms with E-state index in [2.05, 4.69) is 0 Å². The Morgan fingerprint density at radius 1 is 1.05 bits per heavy atom. The highest BCUT2D eigenvalue weighted by molar-refractivity contribution is 5.50. The Hall–Kier alpha value is -2.48. The molecule has 0 aromatic heterocycles. The zero-order valence-electron chi connectivity index (χ0n) is 10.8. The van der Waals surface area contributed by atoms with Crippen LogP contribution in [0.4, 0.5) is 23.2 Å². The molecule has 22 heavy (non-hydrogen) atoms. The van der Waals surface area contributed by atoms with Crippen LogP contribution in [-0.2, 0) is 5.60 Å². The van der Waals surface area contributed by atoms with Crippen molar-refractivity contribution in [2.75, 3.05) is 0 Å². The fourth-order valence-corrected chi connectivity index (χ4v) is 2.12. The summed E-state index contributed by atoms with van der Waals surface area (Å²) in [4.78, 5) is 9.91. The average molecular weight is 315 g/mol. The minimum atomic E-state index is -5.28. The Kier molecular flexibility index (Phi) is 3.89. The molecule has 116 valence electrons. The summed E-state index contributed by atoms with van der Waals surface area (Å²) in [7, 11) is 0. The first-order valence-corrected chi connectivity index (χ1v) is 5.97. The number of rotatable bonds is 3. The number of aliphatic hydroxyl groups is 1. The quantitative estimate of drug-likeness (QED) is 0.535. The fraction of sp³-hybridized carbons (Fsp3) is 0.143. The third-order valence-corrected chi connectivity index (χ3v) is 3.14. The van der Waals surface area contributed by atoms with Crippen molar-refractivity contribution >= 4 is 5.69 Å². The van der Waals surface area contributed by atoms with Crippen LogP contribution in [0.5, 0.6) is 0 Å². The van der Waals surface area contributed by atoms with Crippen LogP contribution in [0, 0.1) is 15.9 Å². The molecule has 0 fully saturated rings. The maximum absolute atomic E-state index is 13.5. The van der Waals surface area contributed by atoms with Gasteiger partial charge in [0.15, 0.2) is 0 Å². The summed E-state index contributed by atoms with van der Waals surface area (Å²) in [5.74, 6) is -1.00. The Balaban J connectivity index is 2.80. The Labute approximate surface area is 121 Å². The SMILES string of the molecule is O=[N+]([O-])c1ccccc1C(O)(c1cccc(F)c1)C(F)(F)F. The van der Waals surface area contributed by atoms with Gasteiger partial charge in [-0.15, -0.1) is 0 Å². The van der Waals surface area contributed by atoms with E-state index in [0.717, 1.165) is 36.4 Å². The molecule has 1 unspecified atom stereocenters. The largest absolute Gasteiger partial charge is 0.426 e. The molecule has 2 rings (SSSR count). The lowest BCUT2D eigenvalue weighted by Crippen LogP contribution is -2.43. The van der Waals surface area contributed by atoms with E-state index < -0.39 is 39.3 Å². The second-order valence-corrected chi connectivity index (χ2v) is 4.49. The summed E-state index contributed by atoms with van der Waals surface area (Å²) in [5, 5.41) is 21.2. The Morgan fingerprint density at radius 2 is 1.68 bits per heavy atom. The first-order valence-electron chi connectivity index (χ1n) is 5.97. The lowest BCUT2D eigenvalue weighted by Gasteiger charge is -2.31. The molecule has 0 heterocycles. The number of nitro groups is 1. The number of nitrogens with zero attached hydrogens (tertiary/aromatic N) is 1. The molecule has 0 bridgehead atoms. The number of para-hydroxylation sites is 1. The summed E-state index contributed by atoms with van der Waals surface area (Å²) >= 11 is 0. The lowest BCUT2D eigenvalue weighted by atomic mass is 9.84. The number of halogens is 4. The highest BCUT2D eigenvalue weighted by Crippen LogP contribution is 2.47. The molecule has 2 aromatic rings. The van der Waals surface area contributed by atoms with Crippen molar-refractivity contribution in [3.63, 3.8) is 0 Å². The molecule has 1 atom stereocenters. The summed E-state index contributed by atoms with van der Waals surface area (Å²) in [6, 6.07) is 7.15. The predicted octanol–water partition coefficient (Wildman–Crippen LogP) is 3.53. The molecule has 0 saturated carbocycles. The fourth-order valence-electron chi connectivity index (χ4n) is 2.12. The van der Waals surface area contributed by atoms with E-state index in [1.165, 1.54) is 6.07 Å². The molecule has 4 nitrogen and oxygen atoms in total. The van der Waals surface area contributed by atoms with Crippen LogP contribution >= 0.6 is 0 Å². The molecule has 0 aliphatic heterocycles. The van der Waals surface area contributed by atoms with Crippen LogP contribution in [0.15, 0.2) is 48.5 Å². The van der Waals surface area contributed by atoms with Crippen molar-refractivity contribution in [1.29, 1.82) is 0 Å². The van der Waals surface area contributed by atoms with Crippen molar-refractivity contribution in [2.45, 2.75) is 11.8 Å². The third-order valence-electron chi connectivity index (χ3n) is 3.14. The molecule has 0 saturated heterocycles. The number of hydrogen-bond acceptors (Lipinski definition) is 3. The van der Waals surface area contributed by atoms with Gasteiger partial charge in [-0.3, -0.25) is 10.1 Å². The van der Waals surface area contributed by atoms with E-state index in [9.17, 15) is 32.8 Å². The normalized spacial score (nSPS) is 14.4. The summed E-state index contributed by atoms with van der Waals surface area (Å²) in [5.41, 5.74) is -6.42. The van der Waals surface area contributed by atoms with E-state index in [4.69, 9.17) is 0 Å². The first-order chi connectivity index (χ1) is 10.2. The van der Waals surface area contributed by atoms with Gasteiger partial charge in [0.1, 0.15) is 5.82 Å². The standard InChI is InChI=1S/C14H9F4NO3/c15-10-5-3-4-9(8-10)13(20,14(16,17)18)11-6-1-2-7-12(11)19(21)22/h1-8,20H. The van der Waals surface area contributed by atoms with Crippen molar-refractivity contribution in [3.8, 4) is 0 Å². The van der Waals surface area contributed by atoms with Gasteiger partial charge >= 0.3 is 6.18 Å². The van der Waals surface area contributed by atoms with Gasteiger partial charge in [-0.1, -0.05) is 24.3 Å². The molecule has 0 aliphatic rings. The molecular weight excluding hydrogens is 306 g/mol. The van der Waals surface area contributed by atoms with Gasteiger partial charge in [0.2, 0.25) is 5.60 Å². The molecule has 0 aliphatic carbocycles. The predicted molar refractivity (Wildman–Crippen MR) is 68.6 cm³/mol. The van der Waals surface area contributed by atoms with Crippen LogP contribution in [0.25, 0.3) is 0 Å². The molecular formula is C14H9F4NO3. The monoisotopic (exact) mass is 315 g/mol. The van der Waals surface area contributed by atoms with Crippen LogP contribution in [0.2, 0.25) is 0 Å². The van der Waals surface area contributed by atoms with Crippen LogP contribution in [-0.4, -0.2) is 16.2 Å². The molecule has 2 aromatic carbocycles. The zero-order valence-corrected chi connectivity index (χ0v) is 10.8. The van der Waals surface area contributed by atoms with Crippen LogP contribution in [0.1, 0.15) is 11.1 Å². The van der Waals surface area contributed by atoms with Gasteiger partial charge in [0.05, 0.1) is 10.5 Å². The van der Waals surface area contributed by atoms with Crippen molar-refractivity contribution in [1.82, 2.24) is 0 Å². The minimum Gasteiger partial charge on any atom is -0.372 e. The maximum atomic E-state index is 13.5. The van der Waals surface area contributed by atoms with Crippen LogP contribution < -0.4 is 0 Å². The highest BCUT2D eigenvalue weighted by Gasteiger charge is 2.58. The van der Waals surface area contributed by atoms with Gasteiger partial charge in [0.25, 0.3) is 5.69 Å². The maximum Gasteiger partial charge on any atom is 0.426 e. The van der Waals surface area contributed by atoms with Gasteiger partial charge in [-0.25, -0.2) is 4.39 Å². The highest BCUT2D eigenvalue weighted by atomic mass is 19.4. The number of hydrogen-bond donors (Lipinski definition) is 1. The molecule has 8 heteroatoms. The first kappa shape index (κ1) is 15.9. The average Bonchev–Trinajstić information content (AvgIpc) is 2.45. The van der Waals surface area contributed by atoms with Crippen molar-refractivity contribution < 1.29 is 27.6 Å². The number of alkyl halides is 3. The van der Waals surface area contributed by atoms with E-state index in [1.807, 2.05) is 0 Å². The number of benzene rings is 2. The van der Waals surface area contributed by atoms with Gasteiger partial charge in [-0.05, 0) is 18.2 Å². The van der Waals surface area contributed by atoms with Gasteiger partial charge < -0.3 is 5.11 Å². The molecule has 0 spiro atoms. The van der Waals surface area contributed by atoms with E-state index in [0.29, 0.717) is 6.07 Å². The van der Waals surface area contributed by atoms with Gasteiger partial charge in [0, 0.05) is 11.6 Å². The smallest absolute Gasteiger partial charge is 0.372 e. The summed E-state index contributed by atoms with van der Waals surface area (Å²) in [6.45, 7) is 0. The third kappa shape index (κ3) is 2.52. The van der Waals surface area contributed by atoms with Gasteiger partial charge in [-0.2, -0.15) is 13.2 Å². The molecule has 0 radical (unpaired) electrons. The molecule has 0 amide bonds. The zero-order chi connectivity index (χ0) is 16.5. The van der Waals surface area contributed by atoms with Crippen molar-refractivity contribution in [2.24, 2.45) is 0 Å². The second-order valence-electron chi connectivity index (χ2n) is 4.49. The second kappa shape index (κ2) is 5.38. The minimum absolute atomic E-state index is 0.490. The van der Waals surface area contributed by atoms with Crippen LogP contribution in [0.3, 0.4) is 0 Å². The molecule has 1 N–H and O–H groups in total. The summed E-state index contributed by atoms with van der Waals surface area (Å²) < 4.78 is 53.6. The Morgan fingerprint density at radius 3 is 2.23 bits per heavy atom. The van der Waals surface area contributed by atoms with E-state index in [1.54, 1.807) is 0 Å². The lowest BCUT2D eigenvalue weighted by molar-refractivity contribution is -0.388. The topological polar surface area (TPSA) is 63.4 Å². The summed E-state index contributed by atoms with van der Waals surface area (Å²) in [6.07, 6.45) is -5.28. The van der Waals surface area contributed by atoms with E-state index in [-0.39, 0.29) is 0 Å². The van der Waals surface area contributed by atoms with Crippen molar-refractivity contribution in [3.05, 3.63) is 75.6 Å².